The summed E-state index contributed by atoms with van der Waals surface area (Å²) in [6, 6.07) is 6.58. The lowest BCUT2D eigenvalue weighted by Gasteiger charge is -2.50. The van der Waals surface area contributed by atoms with E-state index in [4.69, 9.17) is 10.5 Å². The van der Waals surface area contributed by atoms with E-state index < -0.39 is 58.0 Å². The van der Waals surface area contributed by atoms with E-state index in [2.05, 4.69) is 4.90 Å². The summed E-state index contributed by atoms with van der Waals surface area (Å²) < 4.78 is 5.42. The van der Waals surface area contributed by atoms with Crippen LogP contribution < -0.4 is 5.73 Å². The predicted molar refractivity (Wildman–Crippen MR) is 147 cm³/mol. The van der Waals surface area contributed by atoms with E-state index in [0.717, 1.165) is 24.0 Å². The number of aliphatic hydroxyl groups is 3. The molecule has 41 heavy (non-hydrogen) atoms. The van der Waals surface area contributed by atoms with Gasteiger partial charge in [-0.05, 0) is 55.4 Å². The van der Waals surface area contributed by atoms with Crippen LogP contribution in [0.2, 0.25) is 0 Å². The van der Waals surface area contributed by atoms with Gasteiger partial charge in [-0.15, -0.1) is 0 Å². The van der Waals surface area contributed by atoms with Gasteiger partial charge < -0.3 is 30.9 Å². The number of phenolic OH excluding ortho intramolecular Hbond substituents is 1. The molecule has 2 aromatic carbocycles. The molecule has 1 fully saturated rings. The molecule has 4 aliphatic rings. The second kappa shape index (κ2) is 9.66. The first kappa shape index (κ1) is 27.4. The number of hydrogen-bond acceptors (Lipinski definition) is 10. The van der Waals surface area contributed by atoms with Crippen molar-refractivity contribution in [3.63, 3.8) is 0 Å². The lowest BCUT2D eigenvalue weighted by Crippen LogP contribution is -2.63. The van der Waals surface area contributed by atoms with Crippen molar-refractivity contribution in [1.29, 1.82) is 0 Å². The SMILES string of the molecule is CN(C)[C@@H]1C(O)=C(C(N)=O)C(=O)[C@@]2(O)C(O)=C3C(=O)c4c(cc5ccc(CN6CCOCC6)cc5c4O)C[C@H]3C[C@@H]12. The van der Waals surface area contributed by atoms with Gasteiger partial charge in [0.1, 0.15) is 22.8 Å². The number of ketones is 2. The zero-order valence-electron chi connectivity index (χ0n) is 22.9. The number of nitrogens with two attached hydrogens (primary N) is 1. The Balaban J connectivity index is 1.46. The average Bonchev–Trinajstić information content (AvgIpc) is 2.91. The average molecular weight is 564 g/mol. The molecule has 11 nitrogen and oxygen atoms in total. The van der Waals surface area contributed by atoms with Crippen LogP contribution in [0.4, 0.5) is 0 Å². The molecule has 0 radical (unpaired) electrons. The lowest BCUT2D eigenvalue weighted by atomic mass is 9.58. The quantitative estimate of drug-likeness (QED) is 0.339. The minimum atomic E-state index is -2.65. The molecule has 1 saturated heterocycles. The van der Waals surface area contributed by atoms with Gasteiger partial charge in [0.2, 0.25) is 5.78 Å². The molecule has 1 aliphatic heterocycles. The van der Waals surface area contributed by atoms with Crippen LogP contribution in [0.3, 0.4) is 0 Å². The number of aromatic hydroxyl groups is 1. The van der Waals surface area contributed by atoms with Crippen molar-refractivity contribution >= 4 is 28.2 Å². The monoisotopic (exact) mass is 563 g/mol. The minimum absolute atomic E-state index is 0.0156. The Morgan fingerprint density at radius 3 is 2.51 bits per heavy atom. The fraction of sp³-hybridized carbons (Fsp3) is 0.433. The normalized spacial score (nSPS) is 28.6. The first-order valence-corrected chi connectivity index (χ1v) is 13.7. The van der Waals surface area contributed by atoms with Crippen molar-refractivity contribution in [2.45, 2.75) is 31.0 Å². The van der Waals surface area contributed by atoms with Crippen LogP contribution in [0.15, 0.2) is 46.9 Å². The molecule has 3 aliphatic carbocycles. The molecule has 0 spiro atoms. The standard InChI is InChI=1S/C30H33N3O8/c1-32(2)23-19-12-17-11-16-10-15-4-3-14(13-33-5-7-41-8-6-33)9-18(15)24(34)20(16)25(35)21(17)27(37)30(19,40)28(38)22(26(23)36)29(31)39/h3-4,9-10,17,19,23,34,36-37,40H,5-8,11-13H2,1-2H3,(H2,31,39)/t17-,19-,23-,30-/m0/s1. The third-order valence-corrected chi connectivity index (χ3v) is 9.10. The Morgan fingerprint density at radius 2 is 1.85 bits per heavy atom. The van der Waals surface area contributed by atoms with Crippen molar-refractivity contribution in [1.82, 2.24) is 9.80 Å². The number of primary amides is 1. The Hall–Kier alpha value is -3.77. The number of carbonyl (C=O) groups excluding carboxylic acids is 3. The molecule has 2 aromatic rings. The van der Waals surface area contributed by atoms with Crippen molar-refractivity contribution in [3.8, 4) is 5.75 Å². The van der Waals surface area contributed by atoms with Gasteiger partial charge in [-0.25, -0.2) is 0 Å². The third kappa shape index (κ3) is 3.98. The topological polar surface area (TPSA) is 174 Å². The van der Waals surface area contributed by atoms with Crippen LogP contribution >= 0.6 is 0 Å². The number of aliphatic hydroxyl groups excluding tert-OH is 2. The third-order valence-electron chi connectivity index (χ3n) is 9.10. The maximum Gasteiger partial charge on any atom is 0.255 e. The van der Waals surface area contributed by atoms with Gasteiger partial charge in [-0.2, -0.15) is 0 Å². The molecule has 0 saturated carbocycles. The maximum atomic E-state index is 14.0. The van der Waals surface area contributed by atoms with Crippen LogP contribution in [-0.2, 0) is 27.3 Å². The van der Waals surface area contributed by atoms with Crippen molar-refractivity contribution < 1.29 is 39.5 Å². The fourth-order valence-electron chi connectivity index (χ4n) is 7.18. The molecular formula is C30H33N3O8. The number of phenols is 1. The van der Waals surface area contributed by atoms with Gasteiger partial charge in [0.15, 0.2) is 11.4 Å². The number of amides is 1. The molecule has 216 valence electrons. The van der Waals surface area contributed by atoms with Crippen LogP contribution in [0.1, 0.15) is 27.9 Å². The van der Waals surface area contributed by atoms with Crippen molar-refractivity contribution in [2.75, 3.05) is 40.4 Å². The Labute approximate surface area is 236 Å². The molecule has 4 atom stereocenters. The highest BCUT2D eigenvalue weighted by Gasteiger charge is 2.63. The van der Waals surface area contributed by atoms with Gasteiger partial charge in [-0.1, -0.05) is 18.2 Å². The fourth-order valence-corrected chi connectivity index (χ4v) is 7.18. The first-order chi connectivity index (χ1) is 19.4. The van der Waals surface area contributed by atoms with Crippen LogP contribution in [0, 0.1) is 11.8 Å². The number of Topliss-reactive ketones (excluding diaryl/α,β-unsaturated/α-hetero) is 2. The van der Waals surface area contributed by atoms with E-state index in [0.29, 0.717) is 30.7 Å². The highest BCUT2D eigenvalue weighted by molar-refractivity contribution is 6.25. The highest BCUT2D eigenvalue weighted by atomic mass is 16.5. The summed E-state index contributed by atoms with van der Waals surface area (Å²) in [6.45, 7) is 3.56. The van der Waals surface area contributed by atoms with E-state index in [1.165, 1.54) is 4.90 Å². The lowest BCUT2D eigenvalue weighted by molar-refractivity contribution is -0.148. The molecule has 0 unspecified atom stereocenters. The maximum absolute atomic E-state index is 14.0. The Bertz CT molecular complexity index is 1570. The number of allylic oxidation sites excluding steroid dienone is 1. The van der Waals surface area contributed by atoms with Gasteiger partial charge in [0.05, 0.1) is 24.8 Å². The van der Waals surface area contributed by atoms with Gasteiger partial charge in [0.25, 0.3) is 5.91 Å². The summed E-state index contributed by atoms with van der Waals surface area (Å²) in [7, 11) is 3.20. The smallest absolute Gasteiger partial charge is 0.255 e. The van der Waals surface area contributed by atoms with Crippen LogP contribution in [0.25, 0.3) is 10.8 Å². The minimum Gasteiger partial charge on any atom is -0.510 e. The number of nitrogens with zero attached hydrogens (tertiary/aromatic N) is 2. The summed E-state index contributed by atoms with van der Waals surface area (Å²) in [5, 5.41) is 46.7. The molecule has 1 amide bonds. The van der Waals surface area contributed by atoms with E-state index in [1.54, 1.807) is 14.1 Å². The number of benzene rings is 2. The van der Waals surface area contributed by atoms with Gasteiger partial charge in [-0.3, -0.25) is 24.2 Å². The molecule has 0 bridgehead atoms. The van der Waals surface area contributed by atoms with E-state index >= 15 is 0 Å². The number of hydrogen-bond donors (Lipinski definition) is 5. The molecule has 1 heterocycles. The Morgan fingerprint density at radius 1 is 1.15 bits per heavy atom. The van der Waals surface area contributed by atoms with Crippen molar-refractivity contribution in [3.05, 3.63) is 63.6 Å². The number of rotatable bonds is 4. The summed E-state index contributed by atoms with van der Waals surface area (Å²) >= 11 is 0. The molecule has 0 aromatic heterocycles. The molecule has 6 N–H and O–H groups in total. The zero-order valence-corrected chi connectivity index (χ0v) is 22.9. The number of carbonyl (C=O) groups is 3. The van der Waals surface area contributed by atoms with E-state index in [9.17, 15) is 34.8 Å². The predicted octanol–water partition coefficient (Wildman–Crippen LogP) is 1.11. The highest BCUT2D eigenvalue weighted by Crippen LogP contribution is 2.52. The molecular weight excluding hydrogens is 530 g/mol. The number of ether oxygens (including phenoxy) is 1. The first-order valence-electron chi connectivity index (χ1n) is 13.7. The largest absolute Gasteiger partial charge is 0.510 e. The Kier molecular flexibility index (Phi) is 6.46. The summed E-state index contributed by atoms with van der Waals surface area (Å²) in [5.41, 5.74) is 3.32. The number of fused-ring (bicyclic) bond motifs is 4. The summed E-state index contributed by atoms with van der Waals surface area (Å²) in [6.07, 6.45) is 0.316. The van der Waals surface area contributed by atoms with Crippen LogP contribution in [0.5, 0.6) is 5.75 Å². The van der Waals surface area contributed by atoms with E-state index in [1.807, 2.05) is 24.3 Å². The molecule has 11 heteroatoms. The molecule has 6 rings (SSSR count). The second-order valence-corrected chi connectivity index (χ2v) is 11.7. The summed E-state index contributed by atoms with van der Waals surface area (Å²) in [4.78, 5) is 43.3. The summed E-state index contributed by atoms with van der Waals surface area (Å²) in [5.74, 6) is -6.51. The number of likely N-dealkylation sites (N-methyl/N-ethyl adjacent to an activating group) is 1. The second-order valence-electron chi connectivity index (χ2n) is 11.7. The zero-order chi connectivity index (χ0) is 29.4. The number of morpholine rings is 1. The van der Waals surface area contributed by atoms with Gasteiger partial charge >= 0.3 is 0 Å². The van der Waals surface area contributed by atoms with E-state index in [-0.39, 0.29) is 29.7 Å². The van der Waals surface area contributed by atoms with Crippen molar-refractivity contribution in [2.24, 2.45) is 17.6 Å². The van der Waals surface area contributed by atoms with Crippen LogP contribution in [-0.4, -0.2) is 99.7 Å². The van der Waals surface area contributed by atoms with Gasteiger partial charge in [0, 0.05) is 36.5 Å².